The van der Waals surface area contributed by atoms with Crippen molar-refractivity contribution in [3.05, 3.63) is 71.5 Å². The monoisotopic (exact) mass is 428 g/mol. The number of aromatic nitrogens is 2. The number of nitrogens with one attached hydrogen (secondary N) is 1. The first-order chi connectivity index (χ1) is 15.5. The van der Waals surface area contributed by atoms with Gasteiger partial charge in [0.2, 0.25) is 0 Å². The standard InChI is InChI=1S/C25H24N4O3/c1-15-10-12-28(15)25(31)21-14-29-23(16(21)2)22(9-11-27-29)32-18-7-8-19-17(13-18)5-4-6-20(19)24(30)26-3/h4-9,11,13-15H,10,12H2,1-3H3,(H,26,30). The van der Waals surface area contributed by atoms with Crippen LogP contribution in [0.5, 0.6) is 11.5 Å². The van der Waals surface area contributed by atoms with E-state index in [1.54, 1.807) is 36.1 Å². The Morgan fingerprint density at radius 1 is 1.16 bits per heavy atom. The molecule has 2 aromatic heterocycles. The van der Waals surface area contributed by atoms with Crippen molar-refractivity contribution >= 4 is 28.1 Å². The average Bonchev–Trinajstić information content (AvgIpc) is 3.14. The Morgan fingerprint density at radius 2 is 2.00 bits per heavy atom. The zero-order chi connectivity index (χ0) is 22.4. The van der Waals surface area contributed by atoms with Crippen LogP contribution in [-0.2, 0) is 0 Å². The van der Waals surface area contributed by atoms with Crippen molar-refractivity contribution in [1.29, 1.82) is 0 Å². The molecular weight excluding hydrogens is 404 g/mol. The van der Waals surface area contributed by atoms with Gasteiger partial charge in [0.1, 0.15) is 11.3 Å². The Bertz CT molecular complexity index is 1370. The first kappa shape index (κ1) is 20.1. The van der Waals surface area contributed by atoms with Crippen LogP contribution in [0, 0.1) is 6.92 Å². The molecule has 1 unspecified atom stereocenters. The molecule has 32 heavy (non-hydrogen) atoms. The summed E-state index contributed by atoms with van der Waals surface area (Å²) in [6.07, 6.45) is 4.47. The van der Waals surface area contributed by atoms with E-state index in [2.05, 4.69) is 17.3 Å². The van der Waals surface area contributed by atoms with Crippen LogP contribution in [-0.4, -0.2) is 46.0 Å². The number of likely N-dealkylation sites (tertiary alicyclic amines) is 1. The third kappa shape index (κ3) is 3.17. The van der Waals surface area contributed by atoms with Gasteiger partial charge in [-0.1, -0.05) is 12.1 Å². The maximum absolute atomic E-state index is 13.0. The summed E-state index contributed by atoms with van der Waals surface area (Å²) in [4.78, 5) is 27.0. The van der Waals surface area contributed by atoms with Gasteiger partial charge >= 0.3 is 0 Å². The molecular formula is C25H24N4O3. The lowest BCUT2D eigenvalue weighted by Gasteiger charge is -2.38. The van der Waals surface area contributed by atoms with Gasteiger partial charge < -0.3 is 15.0 Å². The molecule has 1 fully saturated rings. The van der Waals surface area contributed by atoms with E-state index in [1.807, 2.05) is 42.2 Å². The molecule has 5 rings (SSSR count). The minimum Gasteiger partial charge on any atom is -0.455 e. The lowest BCUT2D eigenvalue weighted by atomic mass is 10.0. The van der Waals surface area contributed by atoms with E-state index in [0.29, 0.717) is 22.6 Å². The maximum atomic E-state index is 13.0. The van der Waals surface area contributed by atoms with Gasteiger partial charge in [-0.2, -0.15) is 5.10 Å². The van der Waals surface area contributed by atoms with Gasteiger partial charge in [-0.15, -0.1) is 0 Å². The molecule has 162 valence electrons. The highest BCUT2D eigenvalue weighted by atomic mass is 16.5. The molecule has 1 saturated heterocycles. The number of fused-ring (bicyclic) bond motifs is 2. The number of rotatable bonds is 4. The second kappa shape index (κ2) is 7.67. The third-order valence-corrected chi connectivity index (χ3v) is 6.25. The molecule has 2 aromatic carbocycles. The predicted octanol–water partition coefficient (Wildman–Crippen LogP) is 4.18. The number of aryl methyl sites for hydroxylation is 1. The number of carbonyl (C=O) groups is 2. The fourth-order valence-electron chi connectivity index (χ4n) is 4.28. The van der Waals surface area contributed by atoms with Crippen molar-refractivity contribution in [2.45, 2.75) is 26.3 Å². The Labute approximate surface area is 185 Å². The van der Waals surface area contributed by atoms with Crippen molar-refractivity contribution < 1.29 is 14.3 Å². The lowest BCUT2D eigenvalue weighted by molar-refractivity contribution is 0.0501. The Hall–Kier alpha value is -3.87. The van der Waals surface area contributed by atoms with Gasteiger partial charge in [-0.05, 0) is 60.9 Å². The van der Waals surface area contributed by atoms with Crippen LogP contribution in [0.3, 0.4) is 0 Å². The quantitative estimate of drug-likeness (QED) is 0.529. The molecule has 0 saturated carbocycles. The number of carbonyl (C=O) groups excluding carboxylic acids is 2. The topological polar surface area (TPSA) is 75.9 Å². The van der Waals surface area contributed by atoms with Crippen LogP contribution in [0.25, 0.3) is 16.3 Å². The molecule has 0 aliphatic carbocycles. The van der Waals surface area contributed by atoms with E-state index in [0.717, 1.165) is 34.8 Å². The first-order valence-electron chi connectivity index (χ1n) is 10.7. The predicted molar refractivity (Wildman–Crippen MR) is 122 cm³/mol. The van der Waals surface area contributed by atoms with E-state index in [4.69, 9.17) is 4.74 Å². The fraction of sp³-hybridized carbons (Fsp3) is 0.240. The summed E-state index contributed by atoms with van der Waals surface area (Å²) in [6.45, 7) is 4.78. The smallest absolute Gasteiger partial charge is 0.256 e. The molecule has 0 bridgehead atoms. The molecule has 4 aromatic rings. The maximum Gasteiger partial charge on any atom is 0.256 e. The summed E-state index contributed by atoms with van der Waals surface area (Å²) < 4.78 is 7.94. The summed E-state index contributed by atoms with van der Waals surface area (Å²) in [5, 5.41) is 8.82. The molecule has 1 N–H and O–H groups in total. The lowest BCUT2D eigenvalue weighted by Crippen LogP contribution is -2.49. The molecule has 1 atom stereocenters. The molecule has 0 spiro atoms. The van der Waals surface area contributed by atoms with Crippen molar-refractivity contribution in [2.75, 3.05) is 13.6 Å². The highest BCUT2D eigenvalue weighted by Gasteiger charge is 2.31. The van der Waals surface area contributed by atoms with Gasteiger partial charge in [0.05, 0.1) is 11.8 Å². The minimum atomic E-state index is -0.127. The molecule has 2 amide bonds. The molecule has 3 heterocycles. The summed E-state index contributed by atoms with van der Waals surface area (Å²) >= 11 is 0. The number of amides is 2. The number of hydrogen-bond donors (Lipinski definition) is 1. The highest BCUT2D eigenvalue weighted by molar-refractivity contribution is 6.07. The first-order valence-corrected chi connectivity index (χ1v) is 10.7. The third-order valence-electron chi connectivity index (χ3n) is 6.25. The van der Waals surface area contributed by atoms with E-state index < -0.39 is 0 Å². The van der Waals surface area contributed by atoms with Gasteiger partial charge in [-0.25, -0.2) is 4.52 Å². The molecule has 7 heteroatoms. The number of hydrogen-bond acceptors (Lipinski definition) is 4. The van der Waals surface area contributed by atoms with Crippen LogP contribution in [0.1, 0.15) is 39.6 Å². The van der Waals surface area contributed by atoms with Crippen molar-refractivity contribution in [3.8, 4) is 11.5 Å². The summed E-state index contributed by atoms with van der Waals surface area (Å²) in [6, 6.07) is 13.3. The van der Waals surface area contributed by atoms with E-state index in [9.17, 15) is 9.59 Å². The van der Waals surface area contributed by atoms with Crippen molar-refractivity contribution in [2.24, 2.45) is 0 Å². The van der Waals surface area contributed by atoms with Gasteiger partial charge in [0, 0.05) is 37.5 Å². The van der Waals surface area contributed by atoms with Crippen molar-refractivity contribution in [3.63, 3.8) is 0 Å². The second-order valence-electron chi connectivity index (χ2n) is 8.16. The number of nitrogens with zero attached hydrogens (tertiary/aromatic N) is 3. The summed E-state index contributed by atoms with van der Waals surface area (Å²) in [5.74, 6) is 1.17. The minimum absolute atomic E-state index is 0.0325. The molecule has 1 aliphatic rings. The summed E-state index contributed by atoms with van der Waals surface area (Å²) in [7, 11) is 1.62. The van der Waals surface area contributed by atoms with Crippen LogP contribution in [0.15, 0.2) is 54.9 Å². The Kier molecular flexibility index (Phi) is 4.81. The number of ether oxygens (including phenoxy) is 1. The van der Waals surface area contributed by atoms with Crippen LogP contribution in [0.4, 0.5) is 0 Å². The number of benzene rings is 2. The van der Waals surface area contributed by atoms with E-state index in [-0.39, 0.29) is 17.9 Å². The van der Waals surface area contributed by atoms with E-state index in [1.165, 1.54) is 0 Å². The Balaban J connectivity index is 1.52. The second-order valence-corrected chi connectivity index (χ2v) is 8.16. The average molecular weight is 428 g/mol. The Morgan fingerprint density at radius 3 is 2.72 bits per heavy atom. The molecule has 0 radical (unpaired) electrons. The fourth-order valence-corrected chi connectivity index (χ4v) is 4.28. The van der Waals surface area contributed by atoms with Crippen LogP contribution < -0.4 is 10.1 Å². The van der Waals surface area contributed by atoms with Gasteiger partial charge in [0.15, 0.2) is 5.75 Å². The van der Waals surface area contributed by atoms with Gasteiger partial charge in [-0.3, -0.25) is 9.59 Å². The zero-order valence-corrected chi connectivity index (χ0v) is 18.3. The largest absolute Gasteiger partial charge is 0.455 e. The van der Waals surface area contributed by atoms with Gasteiger partial charge in [0.25, 0.3) is 11.8 Å². The van der Waals surface area contributed by atoms with Crippen molar-refractivity contribution in [1.82, 2.24) is 19.8 Å². The summed E-state index contributed by atoms with van der Waals surface area (Å²) in [5.41, 5.74) is 2.88. The normalized spacial score (nSPS) is 15.6. The highest BCUT2D eigenvalue weighted by Crippen LogP contribution is 2.33. The molecule has 1 aliphatic heterocycles. The zero-order valence-electron chi connectivity index (χ0n) is 18.3. The SMILES string of the molecule is CNC(=O)c1cccc2cc(Oc3ccnn4cc(C(=O)N5CCC5C)c(C)c34)ccc12. The van der Waals surface area contributed by atoms with Crippen LogP contribution >= 0.6 is 0 Å². The molecule has 7 nitrogen and oxygen atoms in total. The van der Waals surface area contributed by atoms with E-state index >= 15 is 0 Å². The van der Waals surface area contributed by atoms with Crippen LogP contribution in [0.2, 0.25) is 0 Å².